The fraction of sp³-hybridized carbons (Fsp3) is 0.0714. The second kappa shape index (κ2) is 6.90. The molecule has 2 rings (SSSR count). The SMILES string of the molecule is Oc1ccc(Br)cc1/C=N/Nc1c(F)c(F)c(C(F)(F)F)c(F)c1F. The lowest BCUT2D eigenvalue weighted by atomic mass is 10.1. The molecular formula is C14H6BrF7N2O. The van der Waals surface area contributed by atoms with E-state index in [9.17, 15) is 35.8 Å². The van der Waals surface area contributed by atoms with E-state index in [-0.39, 0.29) is 11.3 Å². The van der Waals surface area contributed by atoms with E-state index in [2.05, 4.69) is 21.0 Å². The third-order valence-corrected chi connectivity index (χ3v) is 3.41. The molecule has 0 aliphatic carbocycles. The van der Waals surface area contributed by atoms with Crippen LogP contribution in [0.2, 0.25) is 0 Å². The van der Waals surface area contributed by atoms with Gasteiger partial charge in [-0.1, -0.05) is 15.9 Å². The number of rotatable bonds is 3. The molecule has 2 N–H and O–H groups in total. The van der Waals surface area contributed by atoms with Crippen molar-refractivity contribution in [2.24, 2.45) is 5.10 Å². The van der Waals surface area contributed by atoms with Gasteiger partial charge in [0.1, 0.15) is 17.0 Å². The molecule has 0 saturated carbocycles. The van der Waals surface area contributed by atoms with Crippen LogP contribution in [0, 0.1) is 23.3 Å². The van der Waals surface area contributed by atoms with Gasteiger partial charge in [-0.2, -0.15) is 18.3 Å². The van der Waals surface area contributed by atoms with Crippen LogP contribution < -0.4 is 5.43 Å². The summed E-state index contributed by atoms with van der Waals surface area (Å²) in [5, 5.41) is 12.8. The van der Waals surface area contributed by atoms with Crippen molar-refractivity contribution in [3.8, 4) is 5.75 Å². The van der Waals surface area contributed by atoms with Crippen LogP contribution in [-0.4, -0.2) is 11.3 Å². The second-order valence-electron chi connectivity index (χ2n) is 4.58. The van der Waals surface area contributed by atoms with Crippen LogP contribution in [0.5, 0.6) is 5.75 Å². The topological polar surface area (TPSA) is 44.6 Å². The highest BCUT2D eigenvalue weighted by molar-refractivity contribution is 9.10. The van der Waals surface area contributed by atoms with Crippen molar-refractivity contribution in [1.29, 1.82) is 0 Å². The summed E-state index contributed by atoms with van der Waals surface area (Å²) in [5.41, 5.74) is -2.59. The van der Waals surface area contributed by atoms with Crippen molar-refractivity contribution < 1.29 is 35.8 Å². The lowest BCUT2D eigenvalue weighted by Gasteiger charge is -2.13. The average Bonchev–Trinajstić information content (AvgIpc) is 2.51. The number of anilines is 1. The molecule has 0 aromatic heterocycles. The molecule has 0 atom stereocenters. The first-order valence-electron chi connectivity index (χ1n) is 6.24. The first-order chi connectivity index (χ1) is 11.5. The van der Waals surface area contributed by atoms with Gasteiger partial charge in [0.25, 0.3) is 0 Å². The predicted octanol–water partition coefficient (Wildman–Crippen LogP) is 5.18. The van der Waals surface area contributed by atoms with E-state index in [4.69, 9.17) is 0 Å². The van der Waals surface area contributed by atoms with Crippen molar-refractivity contribution in [1.82, 2.24) is 0 Å². The summed E-state index contributed by atoms with van der Waals surface area (Å²) in [6.07, 6.45) is -4.79. The molecule has 2 aromatic carbocycles. The van der Waals surface area contributed by atoms with Gasteiger partial charge in [-0.15, -0.1) is 0 Å². The molecule has 0 radical (unpaired) electrons. The molecule has 134 valence electrons. The van der Waals surface area contributed by atoms with Gasteiger partial charge in [0.2, 0.25) is 0 Å². The number of nitrogens with zero attached hydrogens (tertiary/aromatic N) is 1. The maximum atomic E-state index is 13.6. The van der Waals surface area contributed by atoms with Gasteiger partial charge in [-0.3, -0.25) is 5.43 Å². The van der Waals surface area contributed by atoms with E-state index < -0.39 is 40.7 Å². The molecule has 11 heteroatoms. The molecule has 0 bridgehead atoms. The zero-order valence-electron chi connectivity index (χ0n) is 11.7. The normalized spacial score (nSPS) is 12.0. The molecular weight excluding hydrogens is 425 g/mol. The van der Waals surface area contributed by atoms with E-state index in [0.717, 1.165) is 6.21 Å². The number of nitrogens with one attached hydrogen (secondary N) is 1. The Hall–Kier alpha value is -2.30. The van der Waals surface area contributed by atoms with Crippen LogP contribution in [0.25, 0.3) is 0 Å². The number of halogens is 8. The quantitative estimate of drug-likeness (QED) is 0.305. The number of benzene rings is 2. The molecule has 0 saturated heterocycles. The van der Waals surface area contributed by atoms with Gasteiger partial charge >= 0.3 is 6.18 Å². The zero-order valence-corrected chi connectivity index (χ0v) is 13.3. The van der Waals surface area contributed by atoms with Gasteiger partial charge in [0, 0.05) is 10.0 Å². The molecule has 0 unspecified atom stereocenters. The number of hydrogen-bond acceptors (Lipinski definition) is 3. The Balaban J connectivity index is 2.41. The minimum Gasteiger partial charge on any atom is -0.507 e. The number of aromatic hydroxyl groups is 1. The summed E-state index contributed by atoms with van der Waals surface area (Å²) in [6, 6.07) is 4.07. The van der Waals surface area contributed by atoms with E-state index in [0.29, 0.717) is 4.47 Å². The minimum absolute atomic E-state index is 0.0514. The maximum absolute atomic E-state index is 13.6. The molecule has 2 aromatic rings. The van der Waals surface area contributed by atoms with Crippen molar-refractivity contribution in [3.05, 3.63) is 57.1 Å². The van der Waals surface area contributed by atoms with Crippen LogP contribution in [0.4, 0.5) is 36.4 Å². The lowest BCUT2D eigenvalue weighted by molar-refractivity contribution is -0.143. The first kappa shape index (κ1) is 19.0. The van der Waals surface area contributed by atoms with E-state index in [1.807, 2.05) is 0 Å². The van der Waals surface area contributed by atoms with E-state index in [1.165, 1.54) is 18.2 Å². The lowest BCUT2D eigenvalue weighted by Crippen LogP contribution is -2.16. The van der Waals surface area contributed by atoms with Crippen LogP contribution in [0.1, 0.15) is 11.1 Å². The molecule has 0 amide bonds. The fourth-order valence-corrected chi connectivity index (χ4v) is 2.15. The van der Waals surface area contributed by atoms with Gasteiger partial charge in [0.15, 0.2) is 23.3 Å². The molecule has 0 fully saturated rings. The summed E-state index contributed by atoms with van der Waals surface area (Å²) in [5.74, 6) is -10.1. The van der Waals surface area contributed by atoms with Gasteiger partial charge in [0.05, 0.1) is 6.21 Å². The molecule has 25 heavy (non-hydrogen) atoms. The first-order valence-corrected chi connectivity index (χ1v) is 7.04. The van der Waals surface area contributed by atoms with Crippen molar-refractivity contribution in [2.45, 2.75) is 6.18 Å². The Morgan fingerprint density at radius 2 is 1.56 bits per heavy atom. The summed E-state index contributed by atoms with van der Waals surface area (Å²) >= 11 is 3.08. The molecule has 0 heterocycles. The Morgan fingerprint density at radius 3 is 2.08 bits per heavy atom. The third-order valence-electron chi connectivity index (χ3n) is 2.92. The summed E-state index contributed by atoms with van der Waals surface area (Å²) in [6.45, 7) is 0. The molecule has 3 nitrogen and oxygen atoms in total. The summed E-state index contributed by atoms with van der Waals surface area (Å²) < 4.78 is 92.0. The Kier molecular flexibility index (Phi) is 5.26. The van der Waals surface area contributed by atoms with Gasteiger partial charge in [-0.05, 0) is 18.2 Å². The van der Waals surface area contributed by atoms with Crippen LogP contribution >= 0.6 is 15.9 Å². The standard InChI is InChI=1S/C14H6BrF7N2O/c15-6-1-2-7(25)5(3-6)4-23-24-13-11(18)9(16)8(14(20,21)22)10(17)12(13)19/h1-4,24-25H/b23-4+. The molecule has 0 spiro atoms. The highest BCUT2D eigenvalue weighted by Crippen LogP contribution is 2.38. The molecule has 0 aliphatic heterocycles. The Labute approximate surface area is 143 Å². The predicted molar refractivity (Wildman–Crippen MR) is 78.3 cm³/mol. The zero-order chi connectivity index (χ0) is 18.9. The average molecular weight is 431 g/mol. The fourth-order valence-electron chi connectivity index (χ4n) is 1.77. The van der Waals surface area contributed by atoms with Gasteiger partial charge in [-0.25, -0.2) is 17.6 Å². The smallest absolute Gasteiger partial charge is 0.422 e. The number of phenolic OH excluding ortho intramolecular Hbond substituents is 1. The Bertz CT molecular complexity index is 823. The maximum Gasteiger partial charge on any atom is 0.422 e. The van der Waals surface area contributed by atoms with Crippen LogP contribution in [0.15, 0.2) is 27.8 Å². The monoisotopic (exact) mass is 430 g/mol. The highest BCUT2D eigenvalue weighted by atomic mass is 79.9. The third kappa shape index (κ3) is 3.86. The highest BCUT2D eigenvalue weighted by Gasteiger charge is 2.42. The largest absolute Gasteiger partial charge is 0.507 e. The van der Waals surface area contributed by atoms with Crippen LogP contribution in [0.3, 0.4) is 0 Å². The number of hydrogen-bond donors (Lipinski definition) is 2. The summed E-state index contributed by atoms with van der Waals surface area (Å²) in [7, 11) is 0. The van der Waals surface area contributed by atoms with Crippen molar-refractivity contribution >= 4 is 27.8 Å². The summed E-state index contributed by atoms with van der Waals surface area (Å²) in [4.78, 5) is 0. The second-order valence-corrected chi connectivity index (χ2v) is 5.49. The van der Waals surface area contributed by atoms with E-state index in [1.54, 1.807) is 5.43 Å². The Morgan fingerprint density at radius 1 is 1.00 bits per heavy atom. The molecule has 0 aliphatic rings. The number of alkyl halides is 3. The van der Waals surface area contributed by atoms with Crippen molar-refractivity contribution in [2.75, 3.05) is 5.43 Å². The van der Waals surface area contributed by atoms with Crippen molar-refractivity contribution in [3.63, 3.8) is 0 Å². The van der Waals surface area contributed by atoms with Crippen LogP contribution in [-0.2, 0) is 6.18 Å². The number of phenols is 1. The van der Waals surface area contributed by atoms with E-state index >= 15 is 0 Å². The number of hydrazone groups is 1. The van der Waals surface area contributed by atoms with Gasteiger partial charge < -0.3 is 5.11 Å². The minimum atomic E-state index is -5.63.